The molecule has 0 amide bonds. The molecule has 78 valence electrons. The van der Waals surface area contributed by atoms with E-state index in [0.717, 1.165) is 25.5 Å². The lowest BCUT2D eigenvalue weighted by atomic mass is 10.3. The van der Waals surface area contributed by atoms with Gasteiger partial charge in [0.2, 0.25) is 0 Å². The number of pyridine rings is 1. The molecule has 0 N–H and O–H groups in total. The van der Waals surface area contributed by atoms with Crippen molar-refractivity contribution in [1.82, 2.24) is 14.8 Å². The number of rotatable bonds is 4. The highest BCUT2D eigenvalue weighted by molar-refractivity contribution is 5.05. The fourth-order valence-electron chi connectivity index (χ4n) is 1.60. The van der Waals surface area contributed by atoms with E-state index in [1.54, 1.807) is 0 Å². The third kappa shape index (κ3) is 2.59. The van der Waals surface area contributed by atoms with Gasteiger partial charge in [0.15, 0.2) is 0 Å². The van der Waals surface area contributed by atoms with E-state index in [4.69, 9.17) is 0 Å². The van der Waals surface area contributed by atoms with Crippen LogP contribution in [0.3, 0.4) is 0 Å². The largest absolute Gasteiger partial charge is 0.355 e. The third-order valence-corrected chi connectivity index (χ3v) is 2.31. The first kappa shape index (κ1) is 9.77. The van der Waals surface area contributed by atoms with Crippen LogP contribution in [0, 0.1) is 0 Å². The molecule has 1 aromatic rings. The number of aromatic nitrogens is 1. The van der Waals surface area contributed by atoms with E-state index in [-0.39, 0.29) is 0 Å². The van der Waals surface area contributed by atoms with Gasteiger partial charge in [-0.15, -0.1) is 6.58 Å². The summed E-state index contributed by atoms with van der Waals surface area (Å²) in [5.41, 5.74) is 1.10. The average molecular weight is 201 g/mol. The van der Waals surface area contributed by atoms with Crippen molar-refractivity contribution in [3.05, 3.63) is 55.1 Å². The SMILES string of the molecule is C=CCN1C=CN(Cc2ccccn2)C1. The van der Waals surface area contributed by atoms with Crippen LogP contribution in [0.25, 0.3) is 0 Å². The van der Waals surface area contributed by atoms with Crippen molar-refractivity contribution in [2.75, 3.05) is 13.2 Å². The summed E-state index contributed by atoms with van der Waals surface area (Å²) in [7, 11) is 0. The maximum atomic E-state index is 4.30. The van der Waals surface area contributed by atoms with Crippen molar-refractivity contribution in [2.45, 2.75) is 6.54 Å². The standard InChI is InChI=1S/C12H15N3/c1-2-7-14-8-9-15(11-14)10-12-5-3-4-6-13-12/h2-6,8-9H,1,7,10-11H2. The predicted octanol–water partition coefficient (Wildman–Crippen LogP) is 1.81. The van der Waals surface area contributed by atoms with Crippen LogP contribution in [-0.2, 0) is 6.54 Å². The molecule has 0 radical (unpaired) electrons. The van der Waals surface area contributed by atoms with Crippen LogP contribution in [0.1, 0.15) is 5.69 Å². The van der Waals surface area contributed by atoms with E-state index in [1.807, 2.05) is 30.5 Å². The Balaban J connectivity index is 1.88. The second kappa shape index (κ2) is 4.64. The minimum atomic E-state index is 0.866. The highest BCUT2D eigenvalue weighted by Crippen LogP contribution is 2.09. The lowest BCUT2D eigenvalue weighted by Crippen LogP contribution is -2.25. The summed E-state index contributed by atoms with van der Waals surface area (Å²) < 4.78 is 0. The summed E-state index contributed by atoms with van der Waals surface area (Å²) in [6.07, 6.45) is 7.92. The minimum absolute atomic E-state index is 0.866. The number of hydrogen-bond acceptors (Lipinski definition) is 3. The van der Waals surface area contributed by atoms with Gasteiger partial charge in [-0.1, -0.05) is 12.1 Å². The van der Waals surface area contributed by atoms with Crippen molar-refractivity contribution in [2.24, 2.45) is 0 Å². The normalized spacial score (nSPS) is 14.7. The van der Waals surface area contributed by atoms with Gasteiger partial charge < -0.3 is 9.80 Å². The Kier molecular flexibility index (Phi) is 3.02. The summed E-state index contributed by atoms with van der Waals surface area (Å²) in [4.78, 5) is 8.73. The number of nitrogens with zero attached hydrogens (tertiary/aromatic N) is 3. The summed E-state index contributed by atoms with van der Waals surface area (Å²) >= 11 is 0. The van der Waals surface area contributed by atoms with Crippen molar-refractivity contribution in [1.29, 1.82) is 0 Å². The van der Waals surface area contributed by atoms with E-state index in [2.05, 4.69) is 33.8 Å². The van der Waals surface area contributed by atoms with Crippen molar-refractivity contribution in [3.63, 3.8) is 0 Å². The molecule has 0 atom stereocenters. The van der Waals surface area contributed by atoms with Crippen LogP contribution < -0.4 is 0 Å². The van der Waals surface area contributed by atoms with Crippen molar-refractivity contribution in [3.8, 4) is 0 Å². The summed E-state index contributed by atoms with van der Waals surface area (Å²) in [6.45, 7) is 6.41. The quantitative estimate of drug-likeness (QED) is 0.693. The maximum Gasteiger partial charge on any atom is 0.0901 e. The molecule has 0 saturated carbocycles. The molecule has 0 bridgehead atoms. The van der Waals surface area contributed by atoms with Gasteiger partial charge in [-0.25, -0.2) is 0 Å². The second-order valence-electron chi connectivity index (χ2n) is 3.57. The molecule has 0 spiro atoms. The van der Waals surface area contributed by atoms with Gasteiger partial charge in [0.1, 0.15) is 0 Å². The molecule has 15 heavy (non-hydrogen) atoms. The van der Waals surface area contributed by atoms with Gasteiger partial charge in [-0.05, 0) is 12.1 Å². The molecule has 0 aliphatic carbocycles. The van der Waals surface area contributed by atoms with Crippen LogP contribution in [0.2, 0.25) is 0 Å². The molecule has 1 aliphatic rings. The zero-order chi connectivity index (χ0) is 10.5. The minimum Gasteiger partial charge on any atom is -0.355 e. The Labute approximate surface area is 90.3 Å². The molecule has 2 rings (SSSR count). The second-order valence-corrected chi connectivity index (χ2v) is 3.57. The van der Waals surface area contributed by atoms with Crippen LogP contribution in [-0.4, -0.2) is 28.0 Å². The van der Waals surface area contributed by atoms with Gasteiger partial charge in [-0.2, -0.15) is 0 Å². The molecule has 1 aliphatic heterocycles. The Hall–Kier alpha value is -1.77. The summed E-state index contributed by atoms with van der Waals surface area (Å²) in [5.74, 6) is 0. The van der Waals surface area contributed by atoms with Crippen LogP contribution in [0.4, 0.5) is 0 Å². The molecule has 2 heterocycles. The van der Waals surface area contributed by atoms with Crippen molar-refractivity contribution >= 4 is 0 Å². The summed E-state index contributed by atoms with van der Waals surface area (Å²) in [6, 6.07) is 6.00. The lowest BCUT2D eigenvalue weighted by Gasteiger charge is -2.19. The maximum absolute atomic E-state index is 4.30. The smallest absolute Gasteiger partial charge is 0.0901 e. The van der Waals surface area contributed by atoms with Gasteiger partial charge in [0.05, 0.1) is 18.9 Å². The first-order valence-corrected chi connectivity index (χ1v) is 5.06. The molecular weight excluding hydrogens is 186 g/mol. The van der Waals surface area contributed by atoms with Gasteiger partial charge in [-0.3, -0.25) is 4.98 Å². The van der Waals surface area contributed by atoms with Gasteiger partial charge >= 0.3 is 0 Å². The van der Waals surface area contributed by atoms with E-state index < -0.39 is 0 Å². The Morgan fingerprint density at radius 3 is 2.93 bits per heavy atom. The molecular formula is C12H15N3. The van der Waals surface area contributed by atoms with Crippen LogP contribution >= 0.6 is 0 Å². The Morgan fingerprint density at radius 2 is 2.20 bits per heavy atom. The van der Waals surface area contributed by atoms with Crippen LogP contribution in [0.15, 0.2) is 49.5 Å². The zero-order valence-electron chi connectivity index (χ0n) is 8.71. The highest BCUT2D eigenvalue weighted by Gasteiger charge is 2.10. The molecule has 0 aromatic carbocycles. The number of hydrogen-bond donors (Lipinski definition) is 0. The van der Waals surface area contributed by atoms with Gasteiger partial charge in [0.25, 0.3) is 0 Å². The third-order valence-electron chi connectivity index (χ3n) is 2.31. The zero-order valence-corrected chi connectivity index (χ0v) is 8.71. The lowest BCUT2D eigenvalue weighted by molar-refractivity contribution is 0.273. The van der Waals surface area contributed by atoms with E-state index in [1.165, 1.54) is 0 Å². The molecule has 0 fully saturated rings. The molecule has 3 nitrogen and oxygen atoms in total. The molecule has 0 saturated heterocycles. The Morgan fingerprint density at radius 1 is 1.33 bits per heavy atom. The van der Waals surface area contributed by atoms with Crippen molar-refractivity contribution < 1.29 is 0 Å². The topological polar surface area (TPSA) is 19.4 Å². The molecule has 3 heteroatoms. The fraction of sp³-hybridized carbons (Fsp3) is 0.250. The van der Waals surface area contributed by atoms with E-state index in [9.17, 15) is 0 Å². The highest BCUT2D eigenvalue weighted by atomic mass is 15.3. The molecule has 1 aromatic heterocycles. The average Bonchev–Trinajstić information content (AvgIpc) is 2.68. The first-order chi connectivity index (χ1) is 7.38. The first-order valence-electron chi connectivity index (χ1n) is 5.06. The Bertz CT molecular complexity index is 345. The molecule has 0 unspecified atom stereocenters. The van der Waals surface area contributed by atoms with Gasteiger partial charge in [0, 0.05) is 25.1 Å². The fourth-order valence-corrected chi connectivity index (χ4v) is 1.60. The predicted molar refractivity (Wildman–Crippen MR) is 60.7 cm³/mol. The van der Waals surface area contributed by atoms with Crippen LogP contribution in [0.5, 0.6) is 0 Å². The summed E-state index contributed by atoms with van der Waals surface area (Å²) in [5, 5.41) is 0. The monoisotopic (exact) mass is 201 g/mol. The van der Waals surface area contributed by atoms with E-state index >= 15 is 0 Å². The van der Waals surface area contributed by atoms with E-state index in [0.29, 0.717) is 0 Å².